The highest BCUT2D eigenvalue weighted by Gasteiger charge is 2.05. The van der Waals surface area contributed by atoms with Crippen LogP contribution in [0.1, 0.15) is 16.7 Å². The Morgan fingerprint density at radius 1 is 1.20 bits per heavy atom. The molecule has 3 rings (SSSR count). The van der Waals surface area contributed by atoms with Crippen LogP contribution >= 0.6 is 0 Å². The number of carbonyl (C=O) groups is 1. The van der Waals surface area contributed by atoms with E-state index in [1.54, 1.807) is 6.21 Å². The Labute approximate surface area is 146 Å². The summed E-state index contributed by atoms with van der Waals surface area (Å²) in [5, 5.41) is 5.12. The summed E-state index contributed by atoms with van der Waals surface area (Å²) >= 11 is 0. The van der Waals surface area contributed by atoms with Gasteiger partial charge in [-0.1, -0.05) is 24.3 Å². The van der Waals surface area contributed by atoms with Gasteiger partial charge >= 0.3 is 0 Å². The molecule has 2 aromatic carbocycles. The number of amides is 1. The summed E-state index contributed by atoms with van der Waals surface area (Å²) in [6.45, 7) is 3.97. The minimum atomic E-state index is -0.297. The average molecular weight is 335 g/mol. The zero-order valence-corrected chi connectivity index (χ0v) is 14.6. The van der Waals surface area contributed by atoms with Crippen molar-refractivity contribution in [2.75, 3.05) is 6.61 Å². The molecule has 1 aromatic heterocycles. The van der Waals surface area contributed by atoms with Gasteiger partial charge in [-0.05, 0) is 43.2 Å². The van der Waals surface area contributed by atoms with Gasteiger partial charge in [0.25, 0.3) is 5.91 Å². The van der Waals surface area contributed by atoms with Gasteiger partial charge in [-0.15, -0.1) is 0 Å². The number of fused-ring (bicyclic) bond motifs is 1. The van der Waals surface area contributed by atoms with Crippen molar-refractivity contribution in [3.05, 3.63) is 65.4 Å². The van der Waals surface area contributed by atoms with Crippen molar-refractivity contribution in [3.8, 4) is 5.75 Å². The van der Waals surface area contributed by atoms with Crippen molar-refractivity contribution >= 4 is 23.0 Å². The van der Waals surface area contributed by atoms with Crippen molar-refractivity contribution < 1.29 is 9.53 Å². The number of carbonyl (C=O) groups excluding carboxylic acids is 1. The largest absolute Gasteiger partial charge is 0.484 e. The molecule has 0 atom stereocenters. The van der Waals surface area contributed by atoms with Gasteiger partial charge in [0.1, 0.15) is 5.75 Å². The standard InChI is InChI=1S/C20H21N3O2/c1-14-8-9-17(10-15(14)2)25-13-20(24)22-21-11-16-12-23(3)19-7-5-4-6-18(16)19/h4-12H,13H2,1-3H3,(H,22,24)/b21-11+. The number of hydrazone groups is 1. The topological polar surface area (TPSA) is 55.6 Å². The molecule has 0 saturated heterocycles. The van der Waals surface area contributed by atoms with Gasteiger partial charge in [0.05, 0.1) is 6.21 Å². The van der Waals surface area contributed by atoms with Gasteiger partial charge in [0.2, 0.25) is 0 Å². The van der Waals surface area contributed by atoms with E-state index in [4.69, 9.17) is 4.74 Å². The lowest BCUT2D eigenvalue weighted by Crippen LogP contribution is -2.24. The molecule has 0 radical (unpaired) electrons. The van der Waals surface area contributed by atoms with Crippen molar-refractivity contribution in [1.82, 2.24) is 9.99 Å². The number of rotatable bonds is 5. The Balaban J connectivity index is 1.58. The van der Waals surface area contributed by atoms with Crippen LogP contribution in [0.25, 0.3) is 10.9 Å². The van der Waals surface area contributed by atoms with Crippen LogP contribution in [0.2, 0.25) is 0 Å². The molecule has 0 unspecified atom stereocenters. The summed E-state index contributed by atoms with van der Waals surface area (Å²) in [6, 6.07) is 13.8. The van der Waals surface area contributed by atoms with Crippen molar-refractivity contribution in [2.45, 2.75) is 13.8 Å². The number of hydrogen-bond acceptors (Lipinski definition) is 3. The fraction of sp³-hybridized carbons (Fsp3) is 0.200. The van der Waals surface area contributed by atoms with Gasteiger partial charge in [-0.25, -0.2) is 5.43 Å². The van der Waals surface area contributed by atoms with Crippen molar-refractivity contribution in [3.63, 3.8) is 0 Å². The molecule has 5 heteroatoms. The number of benzene rings is 2. The van der Waals surface area contributed by atoms with E-state index in [1.807, 2.05) is 74.1 Å². The molecule has 1 heterocycles. The average Bonchev–Trinajstić information content (AvgIpc) is 2.92. The normalized spacial score (nSPS) is 11.2. The first-order valence-corrected chi connectivity index (χ1v) is 8.10. The predicted octanol–water partition coefficient (Wildman–Crippen LogP) is 3.32. The van der Waals surface area contributed by atoms with Crippen LogP contribution in [0.15, 0.2) is 53.8 Å². The van der Waals surface area contributed by atoms with E-state index in [-0.39, 0.29) is 12.5 Å². The molecule has 5 nitrogen and oxygen atoms in total. The lowest BCUT2D eigenvalue weighted by Gasteiger charge is -2.07. The van der Waals surface area contributed by atoms with E-state index in [1.165, 1.54) is 5.56 Å². The van der Waals surface area contributed by atoms with E-state index < -0.39 is 0 Å². The Bertz CT molecular complexity index is 941. The predicted molar refractivity (Wildman–Crippen MR) is 100 cm³/mol. The van der Waals surface area contributed by atoms with Crippen LogP contribution in [0.5, 0.6) is 5.75 Å². The van der Waals surface area contributed by atoms with Gasteiger partial charge in [-0.3, -0.25) is 4.79 Å². The molecule has 0 spiro atoms. The van der Waals surface area contributed by atoms with E-state index in [0.717, 1.165) is 22.0 Å². The molecule has 0 fully saturated rings. The Morgan fingerprint density at radius 3 is 2.80 bits per heavy atom. The number of nitrogens with zero attached hydrogens (tertiary/aromatic N) is 2. The SMILES string of the molecule is Cc1ccc(OCC(=O)N/N=C/c2cn(C)c3ccccc23)cc1C. The van der Waals surface area contributed by atoms with Crippen molar-refractivity contribution in [2.24, 2.45) is 12.1 Å². The Morgan fingerprint density at radius 2 is 2.00 bits per heavy atom. The minimum Gasteiger partial charge on any atom is -0.484 e. The third-order valence-electron chi connectivity index (χ3n) is 4.17. The first-order chi connectivity index (χ1) is 12.0. The van der Waals surface area contributed by atoms with E-state index in [9.17, 15) is 4.79 Å². The highest BCUT2D eigenvalue weighted by Crippen LogP contribution is 2.18. The Kier molecular flexibility index (Phi) is 4.84. The number of aryl methyl sites for hydroxylation is 3. The van der Waals surface area contributed by atoms with E-state index >= 15 is 0 Å². The maximum absolute atomic E-state index is 11.9. The van der Waals surface area contributed by atoms with Gasteiger partial charge in [0, 0.05) is 29.7 Å². The summed E-state index contributed by atoms with van der Waals surface area (Å²) < 4.78 is 7.52. The fourth-order valence-corrected chi connectivity index (χ4v) is 2.63. The van der Waals surface area contributed by atoms with Crippen LogP contribution in [0, 0.1) is 13.8 Å². The number of hydrogen-bond donors (Lipinski definition) is 1. The molecule has 1 N–H and O–H groups in total. The maximum Gasteiger partial charge on any atom is 0.277 e. The monoisotopic (exact) mass is 335 g/mol. The molecule has 0 bridgehead atoms. The molecule has 3 aromatic rings. The van der Waals surface area contributed by atoms with Crippen LogP contribution in [-0.4, -0.2) is 23.3 Å². The first-order valence-electron chi connectivity index (χ1n) is 8.10. The highest BCUT2D eigenvalue weighted by molar-refractivity contribution is 5.99. The molecule has 0 aliphatic heterocycles. The first kappa shape index (κ1) is 16.8. The molecule has 1 amide bonds. The molecule has 0 aliphatic carbocycles. The van der Waals surface area contributed by atoms with Crippen LogP contribution in [-0.2, 0) is 11.8 Å². The van der Waals surface area contributed by atoms with E-state index in [0.29, 0.717) is 5.75 Å². The van der Waals surface area contributed by atoms with Crippen molar-refractivity contribution in [1.29, 1.82) is 0 Å². The fourth-order valence-electron chi connectivity index (χ4n) is 2.63. The van der Waals surface area contributed by atoms with Crippen LogP contribution in [0.4, 0.5) is 0 Å². The number of ether oxygens (including phenoxy) is 1. The summed E-state index contributed by atoms with van der Waals surface area (Å²) in [7, 11) is 1.98. The number of nitrogens with one attached hydrogen (secondary N) is 1. The minimum absolute atomic E-state index is 0.0740. The Hall–Kier alpha value is -3.08. The van der Waals surface area contributed by atoms with E-state index in [2.05, 4.69) is 10.5 Å². The second kappa shape index (κ2) is 7.21. The third kappa shape index (κ3) is 3.88. The molecular weight excluding hydrogens is 314 g/mol. The van der Waals surface area contributed by atoms with Gasteiger partial charge < -0.3 is 9.30 Å². The zero-order chi connectivity index (χ0) is 17.8. The summed E-state index contributed by atoms with van der Waals surface area (Å²) in [6.07, 6.45) is 3.63. The van der Waals surface area contributed by atoms with Crippen LogP contribution in [0.3, 0.4) is 0 Å². The molecule has 128 valence electrons. The lowest BCUT2D eigenvalue weighted by molar-refractivity contribution is -0.123. The zero-order valence-electron chi connectivity index (χ0n) is 14.6. The smallest absolute Gasteiger partial charge is 0.277 e. The number of para-hydroxylation sites is 1. The summed E-state index contributed by atoms with van der Waals surface area (Å²) in [4.78, 5) is 11.9. The molecule has 25 heavy (non-hydrogen) atoms. The third-order valence-corrected chi connectivity index (χ3v) is 4.17. The van der Waals surface area contributed by atoms with Crippen LogP contribution < -0.4 is 10.2 Å². The second-order valence-electron chi connectivity index (χ2n) is 6.04. The highest BCUT2D eigenvalue weighted by atomic mass is 16.5. The van der Waals surface area contributed by atoms with Gasteiger partial charge in [0.15, 0.2) is 6.61 Å². The lowest BCUT2D eigenvalue weighted by atomic mass is 10.1. The molecule has 0 saturated carbocycles. The quantitative estimate of drug-likeness (QED) is 0.574. The summed E-state index contributed by atoms with van der Waals surface area (Å²) in [5.74, 6) is 0.381. The maximum atomic E-state index is 11.9. The molecule has 0 aliphatic rings. The molecular formula is C20H21N3O2. The van der Waals surface area contributed by atoms with Gasteiger partial charge in [-0.2, -0.15) is 5.10 Å². The number of aromatic nitrogens is 1. The summed E-state index contributed by atoms with van der Waals surface area (Å²) in [5.41, 5.74) is 6.89. The second-order valence-corrected chi connectivity index (χ2v) is 6.04.